The molecule has 4 aliphatic rings. The summed E-state index contributed by atoms with van der Waals surface area (Å²) in [5.41, 5.74) is 8.47. The van der Waals surface area contributed by atoms with E-state index in [1.165, 1.54) is 25.7 Å². The highest BCUT2D eigenvalue weighted by atomic mass is 16.6. The Morgan fingerprint density at radius 2 is 1.92 bits per heavy atom. The smallest absolute Gasteiger partial charge is 0.139 e. The van der Waals surface area contributed by atoms with Gasteiger partial charge >= 0.3 is 0 Å². The third kappa shape index (κ3) is 2.76. The van der Waals surface area contributed by atoms with E-state index in [2.05, 4.69) is 25.1 Å². The van der Waals surface area contributed by atoms with Crippen molar-refractivity contribution in [2.24, 2.45) is 39.5 Å². The Morgan fingerprint density at radius 3 is 2.73 bits per heavy atom. The average molecular weight is 359 g/mol. The van der Waals surface area contributed by atoms with Gasteiger partial charge in [0.15, 0.2) is 0 Å². The van der Waals surface area contributed by atoms with Crippen molar-refractivity contribution in [3.63, 3.8) is 0 Å². The molecular formula is C22H34N2O2. The van der Waals surface area contributed by atoms with E-state index in [1.807, 2.05) is 0 Å². The third-order valence-corrected chi connectivity index (χ3v) is 8.31. The quantitative estimate of drug-likeness (QED) is 0.604. The Bertz CT molecular complexity index is 640. The monoisotopic (exact) mass is 358 g/mol. The molecule has 4 aliphatic carbocycles. The molecule has 4 heteroatoms. The second kappa shape index (κ2) is 6.78. The highest BCUT2D eigenvalue weighted by molar-refractivity contribution is 5.96. The molecule has 3 unspecified atom stereocenters. The summed E-state index contributed by atoms with van der Waals surface area (Å²) in [6.07, 6.45) is 12.1. The van der Waals surface area contributed by atoms with Crippen molar-refractivity contribution in [1.29, 1.82) is 0 Å². The van der Waals surface area contributed by atoms with Gasteiger partial charge in [-0.2, -0.15) is 0 Å². The molecule has 5 atom stereocenters. The van der Waals surface area contributed by atoms with Crippen molar-refractivity contribution in [2.45, 2.75) is 71.6 Å². The van der Waals surface area contributed by atoms with Gasteiger partial charge in [0.1, 0.15) is 12.4 Å². The zero-order chi connectivity index (χ0) is 18.4. The molecule has 3 saturated carbocycles. The fourth-order valence-electron chi connectivity index (χ4n) is 6.69. The van der Waals surface area contributed by atoms with Crippen LogP contribution in [0.25, 0.3) is 0 Å². The van der Waals surface area contributed by atoms with Crippen LogP contribution < -0.4 is 5.73 Å². The highest BCUT2D eigenvalue weighted by Crippen LogP contribution is 2.64. The van der Waals surface area contributed by atoms with Crippen LogP contribution in [0.15, 0.2) is 16.8 Å². The Balaban J connectivity index is 1.53. The Labute approximate surface area is 157 Å². The molecule has 4 rings (SSSR count). The van der Waals surface area contributed by atoms with Crippen LogP contribution in [0.3, 0.4) is 0 Å². The van der Waals surface area contributed by atoms with E-state index in [0.717, 1.165) is 49.7 Å². The van der Waals surface area contributed by atoms with Gasteiger partial charge in [-0.1, -0.05) is 24.6 Å². The first kappa shape index (κ1) is 18.2. The number of hydrogen-bond donors (Lipinski definition) is 1. The van der Waals surface area contributed by atoms with Crippen LogP contribution in [0.4, 0.5) is 0 Å². The molecule has 144 valence electrons. The van der Waals surface area contributed by atoms with Crippen molar-refractivity contribution < 1.29 is 9.63 Å². The van der Waals surface area contributed by atoms with E-state index in [4.69, 9.17) is 10.6 Å². The standard InChI is InChI=1S/C22H34N2O2/c1-21-10-8-16(24-26-13-3-12-23)14-15(21)4-5-17-18-6-7-20(25)22(18,2)11-9-19(17)21/h14,17-19H,3-13,23H2,1-2H3/b24-16+/t17?,18?,19?,21-,22-/m0/s1. The number of ketones is 1. The number of rotatable bonds is 4. The third-order valence-electron chi connectivity index (χ3n) is 8.31. The average Bonchev–Trinajstić information content (AvgIpc) is 2.94. The van der Waals surface area contributed by atoms with Gasteiger partial charge in [0.2, 0.25) is 0 Å². The number of fused-ring (bicyclic) bond motifs is 5. The van der Waals surface area contributed by atoms with Crippen LogP contribution >= 0.6 is 0 Å². The summed E-state index contributed by atoms with van der Waals surface area (Å²) in [6, 6.07) is 0. The second-order valence-electron chi connectivity index (χ2n) is 9.48. The van der Waals surface area contributed by atoms with Gasteiger partial charge in [-0.05, 0) is 87.2 Å². The van der Waals surface area contributed by atoms with Gasteiger partial charge in [0.05, 0.1) is 5.71 Å². The maximum Gasteiger partial charge on any atom is 0.139 e. The molecule has 4 nitrogen and oxygen atoms in total. The zero-order valence-corrected chi connectivity index (χ0v) is 16.4. The minimum atomic E-state index is -0.0170. The van der Waals surface area contributed by atoms with Gasteiger partial charge in [-0.15, -0.1) is 0 Å². The maximum absolute atomic E-state index is 12.5. The summed E-state index contributed by atoms with van der Waals surface area (Å²) >= 11 is 0. The minimum absolute atomic E-state index is 0.0170. The first-order valence-electron chi connectivity index (χ1n) is 10.6. The first-order valence-corrected chi connectivity index (χ1v) is 10.6. The lowest BCUT2D eigenvalue weighted by molar-refractivity contribution is -0.132. The van der Waals surface area contributed by atoms with Crippen LogP contribution in [0.1, 0.15) is 71.6 Å². The van der Waals surface area contributed by atoms with E-state index in [-0.39, 0.29) is 5.41 Å². The molecular weight excluding hydrogens is 324 g/mol. The number of carbonyl (C=O) groups is 1. The molecule has 0 radical (unpaired) electrons. The van der Waals surface area contributed by atoms with Crippen LogP contribution in [-0.4, -0.2) is 24.6 Å². The molecule has 0 aliphatic heterocycles. The molecule has 0 aromatic heterocycles. The Morgan fingerprint density at radius 1 is 1.12 bits per heavy atom. The molecule has 0 aromatic carbocycles. The molecule has 0 aromatic rings. The summed E-state index contributed by atoms with van der Waals surface area (Å²) in [5.74, 6) is 2.65. The maximum atomic E-state index is 12.5. The van der Waals surface area contributed by atoms with Gasteiger partial charge in [-0.3, -0.25) is 4.79 Å². The molecule has 3 fully saturated rings. The van der Waals surface area contributed by atoms with Crippen LogP contribution in [0.5, 0.6) is 0 Å². The summed E-state index contributed by atoms with van der Waals surface area (Å²) in [4.78, 5) is 17.9. The van der Waals surface area contributed by atoms with E-state index >= 15 is 0 Å². The zero-order valence-electron chi connectivity index (χ0n) is 16.4. The lowest BCUT2D eigenvalue weighted by Crippen LogP contribution is -2.50. The summed E-state index contributed by atoms with van der Waals surface area (Å²) in [5, 5.41) is 4.36. The Kier molecular flexibility index (Phi) is 4.75. The molecule has 0 heterocycles. The SMILES string of the molecule is C[C@]12CC/C(=N\OCCCN)C=C1CCC1C2CC[C@]2(C)C(=O)CCC12. The predicted molar refractivity (Wildman–Crippen MR) is 104 cm³/mol. The largest absolute Gasteiger partial charge is 0.396 e. The van der Waals surface area contributed by atoms with Crippen LogP contribution in [-0.2, 0) is 9.63 Å². The highest BCUT2D eigenvalue weighted by Gasteiger charge is 2.58. The van der Waals surface area contributed by atoms with E-state index in [0.29, 0.717) is 30.3 Å². The fourth-order valence-corrected chi connectivity index (χ4v) is 6.69. The van der Waals surface area contributed by atoms with Gasteiger partial charge < -0.3 is 10.6 Å². The molecule has 26 heavy (non-hydrogen) atoms. The van der Waals surface area contributed by atoms with Crippen molar-refractivity contribution in [2.75, 3.05) is 13.2 Å². The second-order valence-corrected chi connectivity index (χ2v) is 9.48. The minimum Gasteiger partial charge on any atom is -0.396 e. The van der Waals surface area contributed by atoms with Gasteiger partial charge in [0.25, 0.3) is 0 Å². The topological polar surface area (TPSA) is 64.7 Å². The van der Waals surface area contributed by atoms with Crippen molar-refractivity contribution in [3.05, 3.63) is 11.6 Å². The summed E-state index contributed by atoms with van der Waals surface area (Å²) in [6.45, 7) is 6.01. The number of carbonyl (C=O) groups excluding carboxylic acids is 1. The number of hydrogen-bond acceptors (Lipinski definition) is 4. The van der Waals surface area contributed by atoms with Crippen LogP contribution in [0.2, 0.25) is 0 Å². The molecule has 0 spiro atoms. The molecule has 0 amide bonds. The number of nitrogens with zero attached hydrogens (tertiary/aromatic N) is 1. The number of allylic oxidation sites excluding steroid dienone is 2. The van der Waals surface area contributed by atoms with E-state index in [9.17, 15) is 4.79 Å². The van der Waals surface area contributed by atoms with Crippen molar-refractivity contribution in [1.82, 2.24) is 0 Å². The molecule has 0 bridgehead atoms. The Hall–Kier alpha value is -1.16. The fraction of sp³-hybridized carbons (Fsp3) is 0.818. The molecule has 2 N–H and O–H groups in total. The van der Waals surface area contributed by atoms with Gasteiger partial charge in [0, 0.05) is 11.8 Å². The van der Waals surface area contributed by atoms with Crippen molar-refractivity contribution >= 4 is 11.5 Å². The first-order chi connectivity index (χ1) is 12.5. The lowest BCUT2D eigenvalue weighted by Gasteiger charge is -2.57. The van der Waals surface area contributed by atoms with Crippen LogP contribution in [0, 0.1) is 28.6 Å². The van der Waals surface area contributed by atoms with E-state index < -0.39 is 0 Å². The number of nitrogens with two attached hydrogens (primary N) is 1. The van der Waals surface area contributed by atoms with Gasteiger partial charge in [-0.25, -0.2) is 0 Å². The summed E-state index contributed by atoms with van der Waals surface area (Å²) < 4.78 is 0. The molecule has 0 saturated heterocycles. The lowest BCUT2D eigenvalue weighted by atomic mass is 9.47. The predicted octanol–water partition coefficient (Wildman–Crippen LogP) is 4.24. The summed E-state index contributed by atoms with van der Waals surface area (Å²) in [7, 11) is 0. The van der Waals surface area contributed by atoms with E-state index in [1.54, 1.807) is 5.57 Å². The number of Topliss-reactive ketones (excluding diaryl/α,β-unsaturated/α-hetero) is 1. The number of oxime groups is 1. The van der Waals surface area contributed by atoms with Crippen molar-refractivity contribution in [3.8, 4) is 0 Å². The normalized spacial score (nSPS) is 43.5.